The van der Waals surface area contributed by atoms with Crippen molar-refractivity contribution in [1.29, 1.82) is 0 Å². The van der Waals surface area contributed by atoms with Crippen molar-refractivity contribution in [3.63, 3.8) is 0 Å². The number of primary amides is 1. The average molecular weight is 828 g/mol. The molecular formula is C37H49N9O13. The second-order valence-electron chi connectivity index (χ2n) is 13.3. The third kappa shape index (κ3) is 17.4. The van der Waals surface area contributed by atoms with Crippen LogP contribution in [0.1, 0.15) is 37.8 Å². The van der Waals surface area contributed by atoms with Gasteiger partial charge < -0.3 is 68.8 Å². The van der Waals surface area contributed by atoms with E-state index in [1.165, 1.54) is 38.1 Å². The minimum absolute atomic E-state index is 0.00323. The molecule has 0 aliphatic rings. The first-order valence-electron chi connectivity index (χ1n) is 18.1. The number of nitrogens with one attached hydrogen (secondary N) is 7. The SMILES string of the molecule is C[C@H](NC(=O)[C@H](Cc1ccccc1)NC(=O)[C@@H](N)CO)C(=O)NCC(=O)N[C@@H](Cc1ccc(O)cc1)C(=O)N[C@@H](CC(=O)O)C(=O)N[C@@H](CC(N)=O)C(=O)N[C@@H](C)C=O. The summed E-state index contributed by atoms with van der Waals surface area (Å²) in [5, 5.41) is 44.6. The fourth-order valence-corrected chi connectivity index (χ4v) is 5.14. The number of hydrogen-bond donors (Lipinski definition) is 12. The zero-order valence-corrected chi connectivity index (χ0v) is 32.1. The number of aromatic hydroxyl groups is 1. The van der Waals surface area contributed by atoms with Gasteiger partial charge in [0.05, 0.1) is 32.0 Å². The highest BCUT2D eigenvalue weighted by atomic mass is 16.4. The summed E-state index contributed by atoms with van der Waals surface area (Å²) in [7, 11) is 0. The maximum absolute atomic E-state index is 13.6. The number of nitrogens with two attached hydrogens (primary N) is 2. The van der Waals surface area contributed by atoms with E-state index in [0.29, 0.717) is 17.4 Å². The summed E-state index contributed by atoms with van der Waals surface area (Å²) in [5.74, 6) is -9.50. The third-order valence-electron chi connectivity index (χ3n) is 8.28. The molecule has 2 rings (SSSR count). The Bertz CT molecular complexity index is 1830. The summed E-state index contributed by atoms with van der Waals surface area (Å²) in [6, 6.07) is 4.02. The topological polar surface area (TPSA) is 368 Å². The molecular weight excluding hydrogens is 778 g/mol. The summed E-state index contributed by atoms with van der Waals surface area (Å²) >= 11 is 0. The standard InChI is InChI=1S/C37H49N9O13/c1-19(17-47)41-34(56)27(14-29(39)50)45-37(59)28(15-31(52)53)46-36(58)25(13-22-8-10-23(49)11-9-22)43-30(51)16-40-32(54)20(2)42-35(57)26(44-33(55)24(38)18-48)12-21-6-4-3-5-7-21/h3-11,17,19-20,24-28,48-49H,12-16,18,38H2,1-2H3,(H2,39,50)(H,40,54)(H,41,56)(H,42,57)(H,43,51)(H,44,55)(H,45,59)(H,46,58)(H,52,53)/t19-,20-,24-,25-,26-,27-,28-/m0/s1. The van der Waals surface area contributed by atoms with Crippen LogP contribution in [-0.2, 0) is 60.8 Å². The van der Waals surface area contributed by atoms with Gasteiger partial charge >= 0.3 is 5.97 Å². The van der Waals surface area contributed by atoms with Crippen molar-refractivity contribution < 1.29 is 63.3 Å². The minimum Gasteiger partial charge on any atom is -0.508 e. The molecule has 14 N–H and O–H groups in total. The largest absolute Gasteiger partial charge is 0.508 e. The van der Waals surface area contributed by atoms with E-state index in [2.05, 4.69) is 37.2 Å². The van der Waals surface area contributed by atoms with E-state index in [1.54, 1.807) is 30.3 Å². The number of aliphatic hydroxyl groups excluding tert-OH is 1. The molecule has 0 aromatic heterocycles. The monoisotopic (exact) mass is 827 g/mol. The van der Waals surface area contributed by atoms with Gasteiger partial charge in [-0.1, -0.05) is 42.5 Å². The Labute approximate surface area is 337 Å². The second kappa shape index (κ2) is 24.0. The van der Waals surface area contributed by atoms with Crippen LogP contribution in [0, 0.1) is 0 Å². The first-order chi connectivity index (χ1) is 27.8. The molecule has 7 atom stereocenters. The Morgan fingerprint density at radius 2 is 1.14 bits per heavy atom. The van der Waals surface area contributed by atoms with Crippen LogP contribution in [0.3, 0.4) is 0 Å². The highest BCUT2D eigenvalue weighted by molar-refractivity contribution is 5.98. The van der Waals surface area contributed by atoms with Gasteiger partial charge in [0, 0.05) is 12.8 Å². The molecule has 0 fully saturated rings. The van der Waals surface area contributed by atoms with Crippen LogP contribution in [0.25, 0.3) is 0 Å². The van der Waals surface area contributed by atoms with Crippen LogP contribution >= 0.6 is 0 Å². The highest BCUT2D eigenvalue weighted by Gasteiger charge is 2.33. The van der Waals surface area contributed by atoms with Crippen molar-refractivity contribution in [1.82, 2.24) is 37.2 Å². The molecule has 0 saturated heterocycles. The van der Waals surface area contributed by atoms with Gasteiger partial charge in [-0.3, -0.25) is 43.2 Å². The van der Waals surface area contributed by atoms with Gasteiger partial charge in [-0.15, -0.1) is 0 Å². The second-order valence-corrected chi connectivity index (χ2v) is 13.3. The van der Waals surface area contributed by atoms with E-state index < -0.39 is 122 Å². The zero-order chi connectivity index (χ0) is 44.2. The van der Waals surface area contributed by atoms with E-state index in [4.69, 9.17) is 11.5 Å². The molecule has 0 saturated carbocycles. The van der Waals surface area contributed by atoms with Crippen molar-refractivity contribution in [3.8, 4) is 5.75 Å². The number of carbonyl (C=O) groups excluding carboxylic acids is 9. The summed E-state index contributed by atoms with van der Waals surface area (Å²) in [4.78, 5) is 125. The molecule has 0 spiro atoms. The van der Waals surface area contributed by atoms with Crippen LogP contribution in [-0.4, -0.2) is 130 Å². The van der Waals surface area contributed by atoms with Crippen LogP contribution in [0.15, 0.2) is 54.6 Å². The quantitative estimate of drug-likeness (QED) is 0.0442. The lowest BCUT2D eigenvalue weighted by molar-refractivity contribution is -0.141. The van der Waals surface area contributed by atoms with Crippen molar-refractivity contribution in [2.75, 3.05) is 13.2 Å². The number of phenols is 1. The Morgan fingerprint density at radius 1 is 0.644 bits per heavy atom. The molecule has 8 amide bonds. The molecule has 22 heteroatoms. The predicted octanol–water partition coefficient (Wildman–Crippen LogP) is -4.89. The fourth-order valence-electron chi connectivity index (χ4n) is 5.14. The molecule has 59 heavy (non-hydrogen) atoms. The molecule has 0 aliphatic carbocycles. The van der Waals surface area contributed by atoms with E-state index in [9.17, 15) is 63.3 Å². The molecule has 2 aromatic rings. The summed E-state index contributed by atoms with van der Waals surface area (Å²) < 4.78 is 0. The zero-order valence-electron chi connectivity index (χ0n) is 32.1. The van der Waals surface area contributed by atoms with Gasteiger partial charge in [0.25, 0.3) is 0 Å². The van der Waals surface area contributed by atoms with Gasteiger partial charge in [0.15, 0.2) is 0 Å². The number of aliphatic hydroxyl groups is 1. The summed E-state index contributed by atoms with van der Waals surface area (Å²) in [6.07, 6.45) is -1.71. The number of carboxylic acids is 1. The van der Waals surface area contributed by atoms with Gasteiger partial charge in [0.2, 0.25) is 47.3 Å². The van der Waals surface area contributed by atoms with E-state index in [1.807, 2.05) is 0 Å². The van der Waals surface area contributed by atoms with Gasteiger partial charge in [-0.2, -0.15) is 0 Å². The normalized spacial score (nSPS) is 14.2. The highest BCUT2D eigenvalue weighted by Crippen LogP contribution is 2.12. The Kier molecular flexibility index (Phi) is 19.6. The van der Waals surface area contributed by atoms with E-state index in [0.717, 1.165) is 0 Å². The fraction of sp³-hybridized carbons (Fsp3) is 0.405. The maximum Gasteiger partial charge on any atom is 0.305 e. The number of carbonyl (C=O) groups is 10. The number of hydrogen-bond acceptors (Lipinski definition) is 13. The average Bonchev–Trinajstić information content (AvgIpc) is 3.18. The molecule has 0 bridgehead atoms. The lowest BCUT2D eigenvalue weighted by Crippen LogP contribution is -2.59. The smallest absolute Gasteiger partial charge is 0.305 e. The number of amides is 8. The van der Waals surface area contributed by atoms with Gasteiger partial charge in [-0.05, 0) is 37.1 Å². The minimum atomic E-state index is -1.88. The number of phenolic OH excluding ortho intramolecular Hbond substituents is 1. The van der Waals surface area contributed by atoms with Crippen molar-refractivity contribution in [3.05, 3.63) is 65.7 Å². The van der Waals surface area contributed by atoms with Crippen LogP contribution in [0.4, 0.5) is 0 Å². The third-order valence-corrected chi connectivity index (χ3v) is 8.28. The van der Waals surface area contributed by atoms with E-state index >= 15 is 0 Å². The van der Waals surface area contributed by atoms with Crippen molar-refractivity contribution >= 4 is 59.5 Å². The Hall–Kier alpha value is -6.94. The first-order valence-corrected chi connectivity index (χ1v) is 18.1. The number of carboxylic acid groups (broad SMARTS) is 1. The molecule has 0 unspecified atom stereocenters. The molecule has 0 heterocycles. The number of aliphatic carboxylic acids is 1. The first kappa shape index (κ1) is 48.2. The molecule has 320 valence electrons. The van der Waals surface area contributed by atoms with Crippen LogP contribution < -0.4 is 48.7 Å². The number of benzene rings is 2. The molecule has 0 radical (unpaired) electrons. The number of rotatable bonds is 24. The van der Waals surface area contributed by atoms with Crippen LogP contribution in [0.2, 0.25) is 0 Å². The molecule has 0 aliphatic heterocycles. The predicted molar refractivity (Wildman–Crippen MR) is 205 cm³/mol. The summed E-state index contributed by atoms with van der Waals surface area (Å²) in [6.45, 7) is 1.15. The lowest BCUT2D eigenvalue weighted by atomic mass is 10.0. The summed E-state index contributed by atoms with van der Waals surface area (Å²) in [5.41, 5.74) is 11.8. The van der Waals surface area contributed by atoms with E-state index in [-0.39, 0.29) is 18.6 Å². The maximum atomic E-state index is 13.6. The van der Waals surface area contributed by atoms with Crippen molar-refractivity contribution in [2.45, 2.75) is 81.8 Å². The van der Waals surface area contributed by atoms with Gasteiger partial charge in [-0.25, -0.2) is 0 Å². The number of aldehydes is 1. The lowest BCUT2D eigenvalue weighted by Gasteiger charge is -2.25. The molecule has 2 aromatic carbocycles. The Morgan fingerprint density at radius 3 is 1.68 bits per heavy atom. The molecule has 22 nitrogen and oxygen atoms in total. The van der Waals surface area contributed by atoms with Crippen molar-refractivity contribution in [2.24, 2.45) is 11.5 Å². The Balaban J connectivity index is 2.20. The van der Waals surface area contributed by atoms with Crippen LogP contribution in [0.5, 0.6) is 5.75 Å². The van der Waals surface area contributed by atoms with Gasteiger partial charge in [0.1, 0.15) is 48.3 Å².